The van der Waals surface area contributed by atoms with Gasteiger partial charge >= 0.3 is 0 Å². The van der Waals surface area contributed by atoms with E-state index in [1.54, 1.807) is 6.07 Å². The average Bonchev–Trinajstić information content (AvgIpc) is 2.34. The first-order valence-electron chi connectivity index (χ1n) is 5.61. The molecule has 1 aromatic carbocycles. The van der Waals surface area contributed by atoms with Crippen LogP contribution in [-0.2, 0) is 0 Å². The molecule has 5 heteroatoms. The predicted molar refractivity (Wildman–Crippen MR) is 65.8 cm³/mol. The number of anilines is 1. The van der Waals surface area contributed by atoms with Gasteiger partial charge in [-0.15, -0.1) is 0 Å². The Morgan fingerprint density at radius 1 is 1.47 bits per heavy atom. The zero-order valence-electron chi connectivity index (χ0n) is 9.77. The number of hydrogen-bond donors (Lipinski definition) is 1. The largest absolute Gasteiger partial charge is 0.385 e. The summed E-state index contributed by atoms with van der Waals surface area (Å²) in [5.41, 5.74) is 0.633. The van der Waals surface area contributed by atoms with Gasteiger partial charge in [0.05, 0.1) is 4.92 Å². The van der Waals surface area contributed by atoms with Crippen molar-refractivity contribution in [1.29, 1.82) is 5.26 Å². The zero-order valence-corrected chi connectivity index (χ0v) is 9.77. The molecule has 0 unspecified atom stereocenters. The van der Waals surface area contributed by atoms with Gasteiger partial charge in [0.15, 0.2) is 0 Å². The first-order valence-corrected chi connectivity index (χ1v) is 5.61. The lowest BCUT2D eigenvalue weighted by atomic mass is 10.1. The molecule has 17 heavy (non-hydrogen) atoms. The molecule has 0 saturated heterocycles. The van der Waals surface area contributed by atoms with E-state index >= 15 is 0 Å². The quantitative estimate of drug-likeness (QED) is 0.465. The second kappa shape index (κ2) is 6.48. The van der Waals surface area contributed by atoms with Crippen molar-refractivity contribution >= 4 is 11.4 Å². The maximum Gasteiger partial charge on any atom is 0.289 e. The Balaban J connectivity index is 2.72. The lowest BCUT2D eigenvalue weighted by Gasteiger charge is -2.05. The van der Waals surface area contributed by atoms with Gasteiger partial charge in [0.2, 0.25) is 0 Å². The SMILES string of the molecule is CCCCCNc1ccc(C#N)c([N+](=O)[O-])c1. The van der Waals surface area contributed by atoms with Crippen LogP contribution in [0.3, 0.4) is 0 Å². The van der Waals surface area contributed by atoms with E-state index < -0.39 is 4.92 Å². The van der Waals surface area contributed by atoms with Gasteiger partial charge in [-0.2, -0.15) is 5.26 Å². The molecule has 0 atom stereocenters. The molecule has 0 radical (unpaired) electrons. The van der Waals surface area contributed by atoms with Gasteiger partial charge in [-0.05, 0) is 18.6 Å². The third-order valence-electron chi connectivity index (χ3n) is 2.42. The first kappa shape index (κ1) is 13.0. The highest BCUT2D eigenvalue weighted by Crippen LogP contribution is 2.22. The molecule has 0 saturated carbocycles. The van der Waals surface area contributed by atoms with Crippen LogP contribution >= 0.6 is 0 Å². The van der Waals surface area contributed by atoms with E-state index in [4.69, 9.17) is 5.26 Å². The topological polar surface area (TPSA) is 79.0 Å². The number of benzene rings is 1. The molecule has 1 N–H and O–H groups in total. The molecule has 0 amide bonds. The Morgan fingerprint density at radius 3 is 2.82 bits per heavy atom. The minimum atomic E-state index is -0.532. The molecule has 5 nitrogen and oxygen atoms in total. The van der Waals surface area contributed by atoms with E-state index in [0.717, 1.165) is 25.8 Å². The van der Waals surface area contributed by atoms with Crippen molar-refractivity contribution in [2.45, 2.75) is 26.2 Å². The van der Waals surface area contributed by atoms with E-state index in [0.29, 0.717) is 5.69 Å². The van der Waals surface area contributed by atoms with E-state index in [1.165, 1.54) is 12.1 Å². The lowest BCUT2D eigenvalue weighted by molar-refractivity contribution is -0.385. The summed E-state index contributed by atoms with van der Waals surface area (Å²) in [6.07, 6.45) is 3.30. The fourth-order valence-corrected chi connectivity index (χ4v) is 1.49. The molecule has 0 fully saturated rings. The smallest absolute Gasteiger partial charge is 0.289 e. The third kappa shape index (κ3) is 3.76. The van der Waals surface area contributed by atoms with Crippen LogP contribution < -0.4 is 5.32 Å². The standard InChI is InChI=1S/C12H15N3O2/c1-2-3-4-7-14-11-6-5-10(9-13)12(8-11)15(16)17/h5-6,8,14H,2-4,7H2,1H3. The molecule has 1 rings (SSSR count). The summed E-state index contributed by atoms with van der Waals surface area (Å²) < 4.78 is 0. The summed E-state index contributed by atoms with van der Waals surface area (Å²) in [6.45, 7) is 2.91. The Morgan fingerprint density at radius 2 is 2.24 bits per heavy atom. The highest BCUT2D eigenvalue weighted by atomic mass is 16.6. The van der Waals surface area contributed by atoms with Crippen LogP contribution in [0.4, 0.5) is 11.4 Å². The molecular formula is C12H15N3O2. The average molecular weight is 233 g/mol. The first-order chi connectivity index (χ1) is 8.19. The van der Waals surface area contributed by atoms with Crippen LogP contribution in [0.2, 0.25) is 0 Å². The predicted octanol–water partition coefficient (Wildman–Crippen LogP) is 3.07. The summed E-state index contributed by atoms with van der Waals surface area (Å²) in [7, 11) is 0. The van der Waals surface area contributed by atoms with Crippen molar-refractivity contribution in [3.05, 3.63) is 33.9 Å². The second-order valence-electron chi connectivity index (χ2n) is 3.73. The second-order valence-corrected chi connectivity index (χ2v) is 3.73. The van der Waals surface area contributed by atoms with Crippen molar-refractivity contribution < 1.29 is 4.92 Å². The zero-order chi connectivity index (χ0) is 12.7. The summed E-state index contributed by atoms with van der Waals surface area (Å²) >= 11 is 0. The summed E-state index contributed by atoms with van der Waals surface area (Å²) in [5.74, 6) is 0. The maximum absolute atomic E-state index is 10.7. The van der Waals surface area contributed by atoms with Crippen molar-refractivity contribution in [2.24, 2.45) is 0 Å². The Bertz CT molecular complexity index is 438. The number of nitrogens with one attached hydrogen (secondary N) is 1. The van der Waals surface area contributed by atoms with Crippen molar-refractivity contribution in [2.75, 3.05) is 11.9 Å². The van der Waals surface area contributed by atoms with Crippen molar-refractivity contribution in [3.8, 4) is 6.07 Å². The minimum Gasteiger partial charge on any atom is -0.385 e. The van der Waals surface area contributed by atoms with Crippen molar-refractivity contribution in [3.63, 3.8) is 0 Å². The van der Waals surface area contributed by atoms with Gasteiger partial charge in [0.25, 0.3) is 5.69 Å². The monoisotopic (exact) mass is 233 g/mol. The molecule has 0 spiro atoms. The fraction of sp³-hybridized carbons (Fsp3) is 0.417. The Hall–Kier alpha value is -2.09. The Labute approximate surface area is 100 Å². The lowest BCUT2D eigenvalue weighted by Crippen LogP contribution is -2.02. The highest BCUT2D eigenvalue weighted by molar-refractivity contribution is 5.59. The molecule has 0 bridgehead atoms. The molecule has 1 aromatic rings. The highest BCUT2D eigenvalue weighted by Gasteiger charge is 2.13. The Kier molecular flexibility index (Phi) is 4.95. The molecule has 0 heterocycles. The van der Waals surface area contributed by atoms with Crippen LogP contribution in [-0.4, -0.2) is 11.5 Å². The normalized spacial score (nSPS) is 9.65. The van der Waals surface area contributed by atoms with Crippen LogP contribution in [0.1, 0.15) is 31.7 Å². The minimum absolute atomic E-state index is 0.0918. The number of nitrogens with zero attached hydrogens (tertiary/aromatic N) is 2. The van der Waals surface area contributed by atoms with Gasteiger partial charge < -0.3 is 5.32 Å². The third-order valence-corrected chi connectivity index (χ3v) is 2.42. The molecule has 0 aromatic heterocycles. The van der Waals surface area contributed by atoms with Crippen LogP contribution in [0.25, 0.3) is 0 Å². The summed E-state index contributed by atoms with van der Waals surface area (Å²) in [6, 6.07) is 6.38. The summed E-state index contributed by atoms with van der Waals surface area (Å²) in [4.78, 5) is 10.2. The van der Waals surface area contributed by atoms with E-state index in [-0.39, 0.29) is 11.3 Å². The maximum atomic E-state index is 10.7. The molecule has 0 aliphatic heterocycles. The van der Waals surface area contributed by atoms with Gasteiger partial charge in [-0.1, -0.05) is 19.8 Å². The molecular weight excluding hydrogens is 218 g/mol. The van der Waals surface area contributed by atoms with Gasteiger partial charge in [0.1, 0.15) is 11.6 Å². The summed E-state index contributed by atoms with van der Waals surface area (Å²) in [5, 5.41) is 22.6. The van der Waals surface area contributed by atoms with Crippen LogP contribution in [0, 0.1) is 21.4 Å². The van der Waals surface area contributed by atoms with Gasteiger partial charge in [-0.25, -0.2) is 0 Å². The van der Waals surface area contributed by atoms with E-state index in [1.807, 2.05) is 6.07 Å². The van der Waals surface area contributed by atoms with E-state index in [2.05, 4.69) is 12.2 Å². The fourth-order valence-electron chi connectivity index (χ4n) is 1.49. The molecule has 0 aliphatic carbocycles. The van der Waals surface area contributed by atoms with Crippen LogP contribution in [0.15, 0.2) is 18.2 Å². The number of nitro groups is 1. The van der Waals surface area contributed by atoms with E-state index in [9.17, 15) is 10.1 Å². The van der Waals surface area contributed by atoms with Crippen LogP contribution in [0.5, 0.6) is 0 Å². The molecule has 0 aliphatic rings. The number of nitriles is 1. The number of rotatable bonds is 6. The number of unbranched alkanes of at least 4 members (excludes halogenated alkanes) is 2. The van der Waals surface area contributed by atoms with Gasteiger partial charge in [0, 0.05) is 18.3 Å². The molecule has 90 valence electrons. The number of nitro benzene ring substituents is 1. The number of hydrogen-bond acceptors (Lipinski definition) is 4. The van der Waals surface area contributed by atoms with Crippen molar-refractivity contribution in [1.82, 2.24) is 0 Å². The van der Waals surface area contributed by atoms with Gasteiger partial charge in [-0.3, -0.25) is 10.1 Å².